The first kappa shape index (κ1) is 16.5. The summed E-state index contributed by atoms with van der Waals surface area (Å²) in [4.78, 5) is 22.2. The van der Waals surface area contributed by atoms with E-state index in [9.17, 15) is 9.59 Å². The fourth-order valence-corrected chi connectivity index (χ4v) is 1.83. The molecule has 0 aromatic heterocycles. The molecule has 0 fully saturated rings. The molecular weight excluding hydrogens is 296 g/mol. The van der Waals surface area contributed by atoms with Gasteiger partial charge in [0, 0.05) is 0 Å². The summed E-state index contributed by atoms with van der Waals surface area (Å²) in [6, 6.07) is 13.0. The van der Waals surface area contributed by atoms with Gasteiger partial charge in [-0.3, -0.25) is 4.79 Å². The summed E-state index contributed by atoms with van der Waals surface area (Å²) >= 11 is 0. The van der Waals surface area contributed by atoms with Crippen LogP contribution in [-0.2, 0) is 4.79 Å². The Labute approximate surface area is 134 Å². The van der Waals surface area contributed by atoms with Gasteiger partial charge < -0.3 is 14.2 Å². The number of hydrogen-bond donors (Lipinski definition) is 0. The number of esters is 1. The molecule has 0 amide bonds. The van der Waals surface area contributed by atoms with Crippen molar-refractivity contribution >= 4 is 12.4 Å². The third-order valence-corrected chi connectivity index (χ3v) is 3.08. The minimum absolute atomic E-state index is 0.331. The van der Waals surface area contributed by atoms with Gasteiger partial charge in [-0.05, 0) is 55.0 Å². The monoisotopic (exact) mass is 314 g/mol. The lowest BCUT2D eigenvalue weighted by Crippen LogP contribution is -2.08. The summed E-state index contributed by atoms with van der Waals surface area (Å²) < 4.78 is 15.5. The van der Waals surface area contributed by atoms with Crippen LogP contribution in [0.2, 0.25) is 0 Å². The first-order valence-electron chi connectivity index (χ1n) is 7.38. The summed E-state index contributed by atoms with van der Waals surface area (Å²) in [5.41, 5.74) is 0.367. The molecule has 2 rings (SSSR count). The minimum atomic E-state index is -0.484. The van der Waals surface area contributed by atoms with Gasteiger partial charge in [0.1, 0.15) is 17.2 Å². The van der Waals surface area contributed by atoms with E-state index in [2.05, 4.69) is 11.7 Å². The zero-order valence-electron chi connectivity index (χ0n) is 12.9. The Morgan fingerprint density at radius 3 is 2.17 bits per heavy atom. The van der Waals surface area contributed by atoms with Gasteiger partial charge in [0.15, 0.2) is 0 Å². The molecule has 0 unspecified atom stereocenters. The van der Waals surface area contributed by atoms with Crippen LogP contribution in [-0.4, -0.2) is 19.0 Å². The first-order valence-corrected chi connectivity index (χ1v) is 7.38. The van der Waals surface area contributed by atoms with Crippen LogP contribution in [0.25, 0.3) is 0 Å². The first-order chi connectivity index (χ1) is 11.2. The number of carbonyl (C=O) groups excluding carboxylic acids is 2. The van der Waals surface area contributed by atoms with Gasteiger partial charge in [-0.1, -0.05) is 13.3 Å². The quantitative estimate of drug-likeness (QED) is 0.322. The summed E-state index contributed by atoms with van der Waals surface area (Å²) in [5.74, 6) is 1.06. The molecule has 0 N–H and O–H groups in total. The highest BCUT2D eigenvalue weighted by molar-refractivity contribution is 5.91. The lowest BCUT2D eigenvalue weighted by atomic mass is 10.2. The third-order valence-electron chi connectivity index (χ3n) is 3.08. The molecule has 0 bridgehead atoms. The molecule has 0 saturated carbocycles. The molecule has 0 saturated heterocycles. The van der Waals surface area contributed by atoms with Crippen LogP contribution in [0.4, 0.5) is 0 Å². The van der Waals surface area contributed by atoms with Gasteiger partial charge in [-0.2, -0.15) is 0 Å². The van der Waals surface area contributed by atoms with Gasteiger partial charge in [0.05, 0.1) is 12.2 Å². The number of ether oxygens (including phenoxy) is 3. The highest BCUT2D eigenvalue weighted by Crippen LogP contribution is 2.19. The fourth-order valence-electron chi connectivity index (χ4n) is 1.83. The molecule has 2 aromatic rings. The normalized spacial score (nSPS) is 9.96. The summed E-state index contributed by atoms with van der Waals surface area (Å²) in [6.07, 6.45) is 2.08. The van der Waals surface area contributed by atoms with Crippen molar-refractivity contribution in [2.45, 2.75) is 19.8 Å². The lowest BCUT2D eigenvalue weighted by Gasteiger charge is -2.07. The molecule has 0 aliphatic heterocycles. The zero-order chi connectivity index (χ0) is 16.5. The maximum absolute atomic E-state index is 12.0. The van der Waals surface area contributed by atoms with Gasteiger partial charge in [0.25, 0.3) is 6.47 Å². The van der Waals surface area contributed by atoms with Crippen molar-refractivity contribution in [3.63, 3.8) is 0 Å². The van der Waals surface area contributed by atoms with E-state index in [1.807, 2.05) is 0 Å². The van der Waals surface area contributed by atoms with Crippen molar-refractivity contribution in [2.75, 3.05) is 6.61 Å². The molecule has 120 valence electrons. The molecule has 2 aromatic carbocycles. The Hall–Kier alpha value is -2.82. The molecule has 0 heterocycles. The number of carbonyl (C=O) groups is 2. The van der Waals surface area contributed by atoms with E-state index < -0.39 is 5.97 Å². The number of hydrogen-bond acceptors (Lipinski definition) is 5. The molecule has 5 heteroatoms. The summed E-state index contributed by atoms with van der Waals surface area (Å²) in [5, 5.41) is 0. The lowest BCUT2D eigenvalue weighted by molar-refractivity contribution is -0.120. The van der Waals surface area contributed by atoms with E-state index in [4.69, 9.17) is 9.47 Å². The van der Waals surface area contributed by atoms with Crippen molar-refractivity contribution in [3.05, 3.63) is 54.1 Å². The van der Waals surface area contributed by atoms with Crippen molar-refractivity contribution in [1.82, 2.24) is 0 Å². The standard InChI is InChI=1S/C18H18O5/c1-2-3-12-21-15-8-10-17(11-9-15)23-18(20)14-4-6-16(7-5-14)22-13-19/h4-11,13H,2-3,12H2,1H3. The molecule has 0 atom stereocenters. The SMILES string of the molecule is CCCCOc1ccc(OC(=O)c2ccc(OC=O)cc2)cc1. The van der Waals surface area contributed by atoms with E-state index in [1.54, 1.807) is 24.3 Å². The Morgan fingerprint density at radius 1 is 0.957 bits per heavy atom. The van der Waals surface area contributed by atoms with Crippen LogP contribution in [0.5, 0.6) is 17.2 Å². The van der Waals surface area contributed by atoms with Crippen molar-refractivity contribution in [3.8, 4) is 17.2 Å². The molecule has 5 nitrogen and oxygen atoms in total. The number of benzene rings is 2. The van der Waals surface area contributed by atoms with Crippen molar-refractivity contribution in [1.29, 1.82) is 0 Å². The van der Waals surface area contributed by atoms with E-state index in [1.165, 1.54) is 24.3 Å². The second kappa shape index (κ2) is 8.58. The molecular formula is C18H18O5. The van der Waals surface area contributed by atoms with E-state index in [0.29, 0.717) is 30.1 Å². The highest BCUT2D eigenvalue weighted by Gasteiger charge is 2.09. The van der Waals surface area contributed by atoms with Gasteiger partial charge in [-0.25, -0.2) is 4.79 Å². The number of unbranched alkanes of at least 4 members (excludes halogenated alkanes) is 1. The van der Waals surface area contributed by atoms with Gasteiger partial charge >= 0.3 is 5.97 Å². The van der Waals surface area contributed by atoms with Gasteiger partial charge in [-0.15, -0.1) is 0 Å². The second-order valence-electron chi connectivity index (χ2n) is 4.80. The van der Waals surface area contributed by atoms with Crippen LogP contribution in [0, 0.1) is 0 Å². The predicted octanol–water partition coefficient (Wildman–Crippen LogP) is 3.62. The van der Waals surface area contributed by atoms with Gasteiger partial charge in [0.2, 0.25) is 0 Å². The molecule has 0 radical (unpaired) electrons. The topological polar surface area (TPSA) is 61.8 Å². The van der Waals surface area contributed by atoms with Crippen LogP contribution in [0.3, 0.4) is 0 Å². The molecule has 0 aliphatic carbocycles. The van der Waals surface area contributed by atoms with Crippen LogP contribution >= 0.6 is 0 Å². The maximum atomic E-state index is 12.0. The van der Waals surface area contributed by atoms with Crippen LogP contribution in [0.15, 0.2) is 48.5 Å². The Bertz CT molecular complexity index is 631. The van der Waals surface area contributed by atoms with E-state index >= 15 is 0 Å². The van der Waals surface area contributed by atoms with E-state index in [-0.39, 0.29) is 0 Å². The average molecular weight is 314 g/mol. The van der Waals surface area contributed by atoms with Crippen molar-refractivity contribution in [2.24, 2.45) is 0 Å². The second-order valence-corrected chi connectivity index (χ2v) is 4.80. The van der Waals surface area contributed by atoms with Crippen LogP contribution in [0.1, 0.15) is 30.1 Å². The largest absolute Gasteiger partial charge is 0.494 e. The Balaban J connectivity index is 1.92. The zero-order valence-corrected chi connectivity index (χ0v) is 12.9. The van der Waals surface area contributed by atoms with Crippen molar-refractivity contribution < 1.29 is 23.8 Å². The molecule has 23 heavy (non-hydrogen) atoms. The maximum Gasteiger partial charge on any atom is 0.343 e. The minimum Gasteiger partial charge on any atom is -0.494 e. The van der Waals surface area contributed by atoms with Crippen LogP contribution < -0.4 is 14.2 Å². The third kappa shape index (κ3) is 5.14. The smallest absolute Gasteiger partial charge is 0.343 e. The molecule has 0 aliphatic rings. The average Bonchev–Trinajstić information content (AvgIpc) is 2.57. The molecule has 0 spiro atoms. The Kier molecular flexibility index (Phi) is 6.17. The highest BCUT2D eigenvalue weighted by atomic mass is 16.5. The van der Waals surface area contributed by atoms with E-state index in [0.717, 1.165) is 18.6 Å². The summed E-state index contributed by atoms with van der Waals surface area (Å²) in [7, 11) is 0. The predicted molar refractivity (Wildman–Crippen MR) is 84.9 cm³/mol. The fraction of sp³-hybridized carbons (Fsp3) is 0.222. The summed E-state index contributed by atoms with van der Waals surface area (Å²) in [6.45, 7) is 3.10. The Morgan fingerprint density at radius 2 is 1.57 bits per heavy atom. The number of rotatable bonds is 8.